The third-order valence-electron chi connectivity index (χ3n) is 6.68. The third-order valence-corrected chi connectivity index (χ3v) is 6.68. The Morgan fingerprint density at radius 3 is 2.37 bits per heavy atom. The molecular weight excluding hydrogens is 536 g/mol. The van der Waals surface area contributed by atoms with Crippen molar-refractivity contribution in [1.29, 1.82) is 0 Å². The van der Waals surface area contributed by atoms with Crippen LogP contribution in [0, 0.1) is 6.92 Å². The number of alkyl halides is 2. The number of nitrogens with zero attached hydrogens (tertiary/aromatic N) is 1. The van der Waals surface area contributed by atoms with Crippen LogP contribution in [0.2, 0.25) is 0 Å². The van der Waals surface area contributed by atoms with Gasteiger partial charge >= 0.3 is 12.0 Å². The number of esters is 1. The Morgan fingerprint density at radius 2 is 1.68 bits per heavy atom. The number of hydrogen-bond acceptors (Lipinski definition) is 6. The molecule has 0 spiro atoms. The van der Waals surface area contributed by atoms with Gasteiger partial charge in [-0.1, -0.05) is 24.3 Å². The van der Waals surface area contributed by atoms with E-state index in [1.54, 1.807) is 24.3 Å². The van der Waals surface area contributed by atoms with E-state index in [0.29, 0.717) is 34.0 Å². The molecule has 1 aliphatic heterocycles. The van der Waals surface area contributed by atoms with E-state index in [1.165, 1.54) is 38.5 Å². The number of para-hydroxylation sites is 1. The van der Waals surface area contributed by atoms with Gasteiger partial charge < -0.3 is 29.7 Å². The smallest absolute Gasteiger partial charge is 0.337 e. The largest absolute Gasteiger partial charge is 0.495 e. The molecule has 1 saturated heterocycles. The number of amides is 3. The van der Waals surface area contributed by atoms with Crippen molar-refractivity contribution in [2.75, 3.05) is 38.0 Å². The minimum absolute atomic E-state index is 0.138. The van der Waals surface area contributed by atoms with Gasteiger partial charge in [-0.2, -0.15) is 0 Å². The summed E-state index contributed by atoms with van der Waals surface area (Å²) in [6.45, 7) is 1.02. The Kier molecular flexibility index (Phi) is 9.06. The number of hydrogen-bond donors (Lipinski definition) is 2. The van der Waals surface area contributed by atoms with E-state index in [0.717, 1.165) is 10.5 Å². The zero-order chi connectivity index (χ0) is 29.6. The highest BCUT2D eigenvalue weighted by Crippen LogP contribution is 2.33. The van der Waals surface area contributed by atoms with Gasteiger partial charge in [-0.05, 0) is 60.5 Å². The number of benzene rings is 3. The van der Waals surface area contributed by atoms with Gasteiger partial charge in [0.1, 0.15) is 18.1 Å². The van der Waals surface area contributed by atoms with Crippen molar-refractivity contribution in [2.24, 2.45) is 0 Å². The molecule has 3 amide bonds. The maximum atomic E-state index is 14.4. The molecule has 1 atom stereocenters. The Balaban J connectivity index is 1.39. The van der Waals surface area contributed by atoms with Crippen LogP contribution in [0.5, 0.6) is 11.5 Å². The fourth-order valence-electron chi connectivity index (χ4n) is 4.55. The Hall–Kier alpha value is -4.67. The van der Waals surface area contributed by atoms with Gasteiger partial charge in [-0.25, -0.2) is 18.4 Å². The second-order valence-corrected chi connectivity index (χ2v) is 9.67. The van der Waals surface area contributed by atoms with Crippen molar-refractivity contribution in [3.8, 4) is 11.5 Å². The van der Waals surface area contributed by atoms with E-state index in [9.17, 15) is 23.2 Å². The number of methoxy groups -OCH3 is 2. The summed E-state index contributed by atoms with van der Waals surface area (Å²) in [5.41, 5.74) is 2.80. The highest BCUT2D eigenvalue weighted by Gasteiger charge is 2.47. The summed E-state index contributed by atoms with van der Waals surface area (Å²) in [4.78, 5) is 38.4. The number of urea groups is 1. The number of nitrogens with one attached hydrogen (secondary N) is 2. The van der Waals surface area contributed by atoms with E-state index >= 15 is 0 Å². The molecule has 1 fully saturated rings. The van der Waals surface area contributed by atoms with Gasteiger partial charge in [0.05, 0.1) is 44.5 Å². The molecule has 0 saturated carbocycles. The summed E-state index contributed by atoms with van der Waals surface area (Å²) in [7, 11) is 2.70. The fraction of sp³-hybridized carbons (Fsp3) is 0.300. The van der Waals surface area contributed by atoms with Crippen LogP contribution >= 0.6 is 0 Å². The van der Waals surface area contributed by atoms with Gasteiger partial charge in [-0.3, -0.25) is 4.79 Å². The first-order valence-electron chi connectivity index (χ1n) is 12.9. The summed E-state index contributed by atoms with van der Waals surface area (Å²) in [5.74, 6) is -3.35. The normalized spacial score (nSPS) is 15.6. The predicted octanol–water partition coefficient (Wildman–Crippen LogP) is 5.29. The number of likely N-dealkylation sites (tertiary alicyclic amines) is 1. The molecule has 9 nitrogen and oxygen atoms in total. The molecule has 0 aromatic heterocycles. The maximum absolute atomic E-state index is 14.4. The lowest BCUT2D eigenvalue weighted by Gasteiger charge is -2.24. The van der Waals surface area contributed by atoms with Crippen LogP contribution < -0.4 is 20.1 Å². The molecule has 216 valence electrons. The van der Waals surface area contributed by atoms with Crippen molar-refractivity contribution < 1.29 is 37.4 Å². The highest BCUT2D eigenvalue weighted by molar-refractivity contribution is 6.01. The molecule has 1 heterocycles. The second-order valence-electron chi connectivity index (χ2n) is 9.67. The fourth-order valence-corrected chi connectivity index (χ4v) is 4.55. The summed E-state index contributed by atoms with van der Waals surface area (Å²) < 4.78 is 44.5. The quantitative estimate of drug-likeness (QED) is 0.341. The molecule has 0 radical (unpaired) electrons. The van der Waals surface area contributed by atoms with Crippen molar-refractivity contribution in [3.05, 3.63) is 83.4 Å². The Labute approximate surface area is 236 Å². The summed E-state index contributed by atoms with van der Waals surface area (Å²) in [6.07, 6.45) is -0.673. The average Bonchev–Trinajstić information content (AvgIpc) is 3.28. The van der Waals surface area contributed by atoms with Gasteiger partial charge in [0.25, 0.3) is 5.92 Å². The molecule has 3 aromatic carbocycles. The molecule has 2 N–H and O–H groups in total. The number of carbonyl (C=O) groups is 3. The van der Waals surface area contributed by atoms with E-state index < -0.39 is 42.8 Å². The van der Waals surface area contributed by atoms with Crippen LogP contribution in [-0.4, -0.2) is 62.1 Å². The van der Waals surface area contributed by atoms with E-state index in [2.05, 4.69) is 15.4 Å². The van der Waals surface area contributed by atoms with Gasteiger partial charge in [0, 0.05) is 12.1 Å². The van der Waals surface area contributed by atoms with Crippen LogP contribution in [0.15, 0.2) is 66.7 Å². The lowest BCUT2D eigenvalue weighted by atomic mass is 10.1. The number of halogens is 2. The van der Waals surface area contributed by atoms with Crippen LogP contribution in [0.3, 0.4) is 0 Å². The summed E-state index contributed by atoms with van der Waals surface area (Å²) in [6, 6.07) is 16.9. The number of rotatable bonds is 9. The summed E-state index contributed by atoms with van der Waals surface area (Å²) >= 11 is 0. The van der Waals surface area contributed by atoms with E-state index in [-0.39, 0.29) is 13.0 Å². The molecule has 1 aliphatic rings. The Morgan fingerprint density at radius 1 is 0.976 bits per heavy atom. The van der Waals surface area contributed by atoms with E-state index in [4.69, 9.17) is 9.47 Å². The SMILES string of the molecule is COC(=O)c1ccc(OCC2CC(F)(F)CN2C(=O)Cc2ccc(NC(=O)Nc3ccccc3C)c(OC)c2)cc1. The minimum atomic E-state index is -3.05. The lowest BCUT2D eigenvalue weighted by Crippen LogP contribution is -2.40. The molecule has 11 heteroatoms. The first-order valence-corrected chi connectivity index (χ1v) is 12.9. The topological polar surface area (TPSA) is 106 Å². The van der Waals surface area contributed by atoms with Crippen LogP contribution in [0.1, 0.15) is 27.9 Å². The van der Waals surface area contributed by atoms with Gasteiger partial charge in [-0.15, -0.1) is 0 Å². The molecule has 0 bridgehead atoms. The molecule has 41 heavy (non-hydrogen) atoms. The Bertz CT molecular complexity index is 1410. The number of aryl methyl sites for hydroxylation is 1. The van der Waals surface area contributed by atoms with Crippen LogP contribution in [-0.2, 0) is 16.0 Å². The number of anilines is 2. The van der Waals surface area contributed by atoms with Crippen molar-refractivity contribution in [3.63, 3.8) is 0 Å². The van der Waals surface area contributed by atoms with Crippen molar-refractivity contribution >= 4 is 29.3 Å². The molecule has 4 rings (SSSR count). The minimum Gasteiger partial charge on any atom is -0.495 e. The first kappa shape index (κ1) is 29.3. The van der Waals surface area contributed by atoms with E-state index in [1.807, 2.05) is 25.1 Å². The molecule has 0 aliphatic carbocycles. The molecule has 1 unspecified atom stereocenters. The van der Waals surface area contributed by atoms with Crippen molar-refractivity contribution in [2.45, 2.75) is 31.7 Å². The van der Waals surface area contributed by atoms with Crippen molar-refractivity contribution in [1.82, 2.24) is 4.90 Å². The van der Waals surface area contributed by atoms with Gasteiger partial charge in [0.15, 0.2) is 0 Å². The zero-order valence-corrected chi connectivity index (χ0v) is 22.9. The van der Waals surface area contributed by atoms with Crippen LogP contribution in [0.4, 0.5) is 25.0 Å². The average molecular weight is 568 g/mol. The molecule has 3 aromatic rings. The van der Waals surface area contributed by atoms with Gasteiger partial charge in [0.2, 0.25) is 5.91 Å². The molecular formula is C30H31F2N3O6. The lowest BCUT2D eigenvalue weighted by molar-refractivity contribution is -0.133. The number of carbonyl (C=O) groups excluding carboxylic acids is 3. The zero-order valence-electron chi connectivity index (χ0n) is 22.9. The first-order chi connectivity index (χ1) is 19.6. The highest BCUT2D eigenvalue weighted by atomic mass is 19.3. The summed E-state index contributed by atoms with van der Waals surface area (Å²) in [5, 5.41) is 5.49. The monoisotopic (exact) mass is 567 g/mol. The standard InChI is InChI=1S/C30H31F2N3O6/c1-19-6-4-5-7-24(19)33-29(38)34-25-13-8-20(14-26(25)39-2)15-27(36)35-18-30(31,32)16-22(35)17-41-23-11-9-21(10-12-23)28(37)40-3/h4-14,22H,15-18H2,1-3H3,(H2,33,34,38). The predicted molar refractivity (Wildman–Crippen MR) is 149 cm³/mol. The second kappa shape index (κ2) is 12.7. The number of ether oxygens (including phenoxy) is 3. The van der Waals surface area contributed by atoms with Crippen LogP contribution in [0.25, 0.3) is 0 Å². The maximum Gasteiger partial charge on any atom is 0.337 e. The third kappa shape index (κ3) is 7.50.